The van der Waals surface area contributed by atoms with Crippen LogP contribution in [-0.2, 0) is 16.1 Å². The monoisotopic (exact) mass is 380 g/mol. The number of rotatable bonds is 4. The topological polar surface area (TPSA) is 62.6 Å². The zero-order chi connectivity index (χ0) is 18.1. The summed E-state index contributed by atoms with van der Waals surface area (Å²) in [7, 11) is 0. The second-order valence-corrected chi connectivity index (χ2v) is 6.93. The number of benzene rings is 1. The Morgan fingerprint density at radius 2 is 2.08 bits per heavy atom. The van der Waals surface area contributed by atoms with Gasteiger partial charge in [0.2, 0.25) is 11.8 Å². The number of halogens is 2. The number of hydrogen-bond donors (Lipinski definition) is 1. The molecular formula is C18H18Cl2N2O3. The Kier molecular flexibility index (Phi) is 5.06. The molecule has 2 aromatic rings. The summed E-state index contributed by atoms with van der Waals surface area (Å²) in [5.74, 6) is 0.289. The third-order valence-electron chi connectivity index (χ3n) is 4.32. The van der Waals surface area contributed by atoms with Crippen molar-refractivity contribution in [1.29, 1.82) is 0 Å². The minimum atomic E-state index is -0.719. The minimum Gasteiger partial charge on any atom is -0.466 e. The van der Waals surface area contributed by atoms with Crippen LogP contribution >= 0.6 is 23.2 Å². The molecule has 1 aromatic carbocycles. The number of hydrogen-bond acceptors (Lipinski definition) is 3. The van der Waals surface area contributed by atoms with Gasteiger partial charge in [-0.3, -0.25) is 9.59 Å². The second kappa shape index (κ2) is 7.10. The number of carbonyl (C=O) groups excluding carboxylic acids is 2. The standard InChI is InChI=1S/C18H18Cl2N2O3/c1-10-7-12(11(2)25-10)9-21-17(23)14-5-6-22(18(14)24)16-8-13(19)3-4-15(16)20/h3-4,7-8,14H,5-6,9H2,1-2H3,(H,21,23). The van der Waals surface area contributed by atoms with Crippen molar-refractivity contribution in [3.8, 4) is 0 Å². The zero-order valence-corrected chi connectivity index (χ0v) is 15.4. The summed E-state index contributed by atoms with van der Waals surface area (Å²) in [6.07, 6.45) is 0.441. The molecule has 0 saturated carbocycles. The summed E-state index contributed by atoms with van der Waals surface area (Å²) in [6.45, 7) is 4.47. The van der Waals surface area contributed by atoms with Crippen molar-refractivity contribution in [1.82, 2.24) is 5.32 Å². The fourth-order valence-electron chi connectivity index (χ4n) is 3.02. The van der Waals surface area contributed by atoms with Gasteiger partial charge in [0.1, 0.15) is 17.4 Å². The van der Waals surface area contributed by atoms with Gasteiger partial charge in [0.25, 0.3) is 0 Å². The van der Waals surface area contributed by atoms with Gasteiger partial charge < -0.3 is 14.6 Å². The summed E-state index contributed by atoms with van der Waals surface area (Å²) < 4.78 is 5.44. The van der Waals surface area contributed by atoms with Crippen molar-refractivity contribution in [2.75, 3.05) is 11.4 Å². The van der Waals surface area contributed by atoms with E-state index < -0.39 is 5.92 Å². The SMILES string of the molecule is Cc1cc(CNC(=O)C2CCN(c3cc(Cl)ccc3Cl)C2=O)c(C)o1. The van der Waals surface area contributed by atoms with E-state index in [4.69, 9.17) is 27.6 Å². The first-order valence-electron chi connectivity index (χ1n) is 7.97. The van der Waals surface area contributed by atoms with Gasteiger partial charge in [-0.15, -0.1) is 0 Å². The van der Waals surface area contributed by atoms with Crippen LogP contribution in [0.25, 0.3) is 0 Å². The molecule has 2 heterocycles. The Labute approximate surface area is 155 Å². The van der Waals surface area contributed by atoms with Crippen molar-refractivity contribution in [2.45, 2.75) is 26.8 Å². The molecule has 3 rings (SSSR count). The summed E-state index contributed by atoms with van der Waals surface area (Å²) in [5.41, 5.74) is 1.45. The van der Waals surface area contributed by atoms with E-state index in [1.54, 1.807) is 18.2 Å². The number of aryl methyl sites for hydroxylation is 2. The lowest BCUT2D eigenvalue weighted by molar-refractivity contribution is -0.132. The third-order valence-corrected chi connectivity index (χ3v) is 4.87. The van der Waals surface area contributed by atoms with E-state index in [1.165, 1.54) is 4.90 Å². The van der Waals surface area contributed by atoms with E-state index in [0.29, 0.717) is 35.2 Å². The van der Waals surface area contributed by atoms with E-state index >= 15 is 0 Å². The van der Waals surface area contributed by atoms with Crippen LogP contribution in [0.3, 0.4) is 0 Å². The summed E-state index contributed by atoms with van der Waals surface area (Å²) in [5, 5.41) is 3.74. The molecule has 1 atom stereocenters. The summed E-state index contributed by atoms with van der Waals surface area (Å²) >= 11 is 12.2. The molecule has 7 heteroatoms. The predicted octanol–water partition coefficient (Wildman–Crippen LogP) is 3.87. The minimum absolute atomic E-state index is 0.262. The first-order valence-corrected chi connectivity index (χ1v) is 8.72. The normalized spacial score (nSPS) is 17.2. The summed E-state index contributed by atoms with van der Waals surface area (Å²) in [4.78, 5) is 26.6. The van der Waals surface area contributed by atoms with E-state index in [1.807, 2.05) is 19.9 Å². The first kappa shape index (κ1) is 17.8. The number of nitrogens with one attached hydrogen (secondary N) is 1. The van der Waals surface area contributed by atoms with Crippen LogP contribution in [0.5, 0.6) is 0 Å². The van der Waals surface area contributed by atoms with Crippen molar-refractivity contribution < 1.29 is 14.0 Å². The maximum Gasteiger partial charge on any atom is 0.239 e. The molecule has 0 bridgehead atoms. The molecule has 5 nitrogen and oxygen atoms in total. The van der Waals surface area contributed by atoms with Crippen LogP contribution in [0, 0.1) is 19.8 Å². The van der Waals surface area contributed by atoms with Crippen LogP contribution in [0.4, 0.5) is 5.69 Å². The fraction of sp³-hybridized carbons (Fsp3) is 0.333. The highest BCUT2D eigenvalue weighted by Crippen LogP contribution is 2.33. The molecule has 1 saturated heterocycles. The average molecular weight is 381 g/mol. The lowest BCUT2D eigenvalue weighted by atomic mass is 10.1. The largest absolute Gasteiger partial charge is 0.466 e. The van der Waals surface area contributed by atoms with Crippen molar-refractivity contribution in [2.24, 2.45) is 5.92 Å². The van der Waals surface area contributed by atoms with Gasteiger partial charge in [0, 0.05) is 23.7 Å². The highest BCUT2D eigenvalue weighted by molar-refractivity contribution is 6.36. The van der Waals surface area contributed by atoms with Gasteiger partial charge in [-0.2, -0.15) is 0 Å². The van der Waals surface area contributed by atoms with Gasteiger partial charge in [0.15, 0.2) is 0 Å². The maximum atomic E-state index is 12.6. The van der Waals surface area contributed by atoms with E-state index in [9.17, 15) is 9.59 Å². The van der Waals surface area contributed by atoms with E-state index in [0.717, 1.165) is 17.1 Å². The number of amides is 2. The highest BCUT2D eigenvalue weighted by atomic mass is 35.5. The maximum absolute atomic E-state index is 12.6. The predicted molar refractivity (Wildman–Crippen MR) is 97.0 cm³/mol. The smallest absolute Gasteiger partial charge is 0.239 e. The number of carbonyl (C=O) groups is 2. The van der Waals surface area contributed by atoms with Gasteiger partial charge in [-0.05, 0) is 44.5 Å². The van der Waals surface area contributed by atoms with Crippen LogP contribution in [0.15, 0.2) is 28.7 Å². The molecule has 2 amide bonds. The van der Waals surface area contributed by atoms with Crippen molar-refractivity contribution in [3.63, 3.8) is 0 Å². The molecule has 1 aromatic heterocycles. The molecule has 0 aliphatic carbocycles. The molecule has 25 heavy (non-hydrogen) atoms. The molecular weight excluding hydrogens is 363 g/mol. The Morgan fingerprint density at radius 1 is 1.32 bits per heavy atom. The molecule has 0 spiro atoms. The van der Waals surface area contributed by atoms with Crippen molar-refractivity contribution in [3.05, 3.63) is 51.4 Å². The number of anilines is 1. The molecule has 132 valence electrons. The van der Waals surface area contributed by atoms with E-state index in [-0.39, 0.29) is 11.8 Å². The Balaban J connectivity index is 1.68. The lowest BCUT2D eigenvalue weighted by Gasteiger charge is -2.18. The lowest BCUT2D eigenvalue weighted by Crippen LogP contribution is -2.36. The van der Waals surface area contributed by atoms with Gasteiger partial charge in [-0.25, -0.2) is 0 Å². The van der Waals surface area contributed by atoms with Gasteiger partial charge >= 0.3 is 0 Å². The Morgan fingerprint density at radius 3 is 2.76 bits per heavy atom. The Hall–Kier alpha value is -1.98. The number of nitrogens with zero attached hydrogens (tertiary/aromatic N) is 1. The molecule has 0 radical (unpaired) electrons. The number of furan rings is 1. The quantitative estimate of drug-likeness (QED) is 0.818. The molecule has 1 aliphatic heterocycles. The molecule has 1 fully saturated rings. The van der Waals surface area contributed by atoms with E-state index in [2.05, 4.69) is 5.32 Å². The molecule has 1 unspecified atom stereocenters. The zero-order valence-electron chi connectivity index (χ0n) is 13.9. The average Bonchev–Trinajstić information content (AvgIpc) is 3.09. The summed E-state index contributed by atoms with van der Waals surface area (Å²) in [6, 6.07) is 6.82. The van der Waals surface area contributed by atoms with Crippen LogP contribution in [0.1, 0.15) is 23.5 Å². The van der Waals surface area contributed by atoms with Crippen molar-refractivity contribution >= 4 is 40.7 Å². The molecule has 1 N–H and O–H groups in total. The van der Waals surface area contributed by atoms with Crippen LogP contribution in [-0.4, -0.2) is 18.4 Å². The first-order chi connectivity index (χ1) is 11.9. The highest BCUT2D eigenvalue weighted by Gasteiger charge is 2.38. The van der Waals surface area contributed by atoms with Crippen LogP contribution in [0.2, 0.25) is 10.0 Å². The van der Waals surface area contributed by atoms with Gasteiger partial charge in [0.05, 0.1) is 10.7 Å². The van der Waals surface area contributed by atoms with Gasteiger partial charge in [-0.1, -0.05) is 23.2 Å². The Bertz CT molecular complexity index is 832. The second-order valence-electron chi connectivity index (χ2n) is 6.08. The van der Waals surface area contributed by atoms with Crippen LogP contribution < -0.4 is 10.2 Å². The fourth-order valence-corrected chi connectivity index (χ4v) is 3.41. The molecule has 1 aliphatic rings. The third kappa shape index (κ3) is 3.67.